The SMILES string of the molecule is Cc1cc2c(cc1/C=N\NC(=O)c1ccccc1Br)[C@H](C)CC(C)(C)N2C(C)C. The Morgan fingerprint density at radius 2 is 2.00 bits per heavy atom. The molecule has 3 rings (SSSR count). The van der Waals surface area contributed by atoms with Crippen molar-refractivity contribution >= 4 is 33.7 Å². The highest BCUT2D eigenvalue weighted by atomic mass is 79.9. The number of hydrazone groups is 1. The zero-order valence-corrected chi connectivity index (χ0v) is 19.7. The first-order chi connectivity index (χ1) is 13.6. The molecule has 0 saturated carbocycles. The van der Waals surface area contributed by atoms with Crippen molar-refractivity contribution in [3.8, 4) is 0 Å². The molecular weight excluding hydrogens is 426 g/mol. The number of rotatable bonds is 4. The molecule has 0 bridgehead atoms. The van der Waals surface area contributed by atoms with Gasteiger partial charge >= 0.3 is 0 Å². The van der Waals surface area contributed by atoms with Gasteiger partial charge in [0, 0.05) is 21.7 Å². The molecule has 2 aromatic carbocycles. The number of halogens is 1. The van der Waals surface area contributed by atoms with Crippen LogP contribution in [0.2, 0.25) is 0 Å². The minimum absolute atomic E-state index is 0.125. The first-order valence-corrected chi connectivity index (χ1v) is 10.9. The molecular formula is C24H30BrN3O. The molecule has 1 atom stereocenters. The van der Waals surface area contributed by atoms with E-state index in [9.17, 15) is 4.79 Å². The third-order valence-electron chi connectivity index (χ3n) is 5.67. The molecule has 0 fully saturated rings. The summed E-state index contributed by atoms with van der Waals surface area (Å²) in [6.45, 7) is 13.6. The molecule has 2 aromatic rings. The monoisotopic (exact) mass is 455 g/mol. The van der Waals surface area contributed by atoms with E-state index in [0.717, 1.165) is 22.0 Å². The van der Waals surface area contributed by atoms with E-state index in [-0.39, 0.29) is 11.4 Å². The zero-order valence-electron chi connectivity index (χ0n) is 18.1. The minimum atomic E-state index is -0.231. The normalized spacial score (nSPS) is 18.2. The third-order valence-corrected chi connectivity index (χ3v) is 6.36. The molecule has 0 spiro atoms. The van der Waals surface area contributed by atoms with Crippen LogP contribution in [0.15, 0.2) is 46.0 Å². The van der Waals surface area contributed by atoms with Gasteiger partial charge in [-0.25, -0.2) is 5.43 Å². The molecule has 4 nitrogen and oxygen atoms in total. The van der Waals surface area contributed by atoms with Gasteiger partial charge in [0.1, 0.15) is 0 Å². The van der Waals surface area contributed by atoms with Gasteiger partial charge < -0.3 is 4.90 Å². The summed E-state index contributed by atoms with van der Waals surface area (Å²) in [5.41, 5.74) is 8.18. The molecule has 0 saturated heterocycles. The molecule has 1 N–H and O–H groups in total. The molecule has 29 heavy (non-hydrogen) atoms. The number of nitrogens with one attached hydrogen (secondary N) is 1. The van der Waals surface area contributed by atoms with Crippen molar-refractivity contribution in [1.29, 1.82) is 0 Å². The second kappa shape index (κ2) is 8.31. The topological polar surface area (TPSA) is 44.7 Å². The van der Waals surface area contributed by atoms with Crippen LogP contribution in [-0.2, 0) is 0 Å². The van der Waals surface area contributed by atoms with E-state index in [4.69, 9.17) is 0 Å². The quantitative estimate of drug-likeness (QED) is 0.452. The zero-order chi connectivity index (χ0) is 21.3. The Hall–Kier alpha value is -2.14. The lowest BCUT2D eigenvalue weighted by molar-refractivity contribution is 0.0954. The molecule has 0 aliphatic carbocycles. The van der Waals surface area contributed by atoms with Crippen molar-refractivity contribution in [2.24, 2.45) is 5.10 Å². The molecule has 0 radical (unpaired) electrons. The molecule has 1 aliphatic heterocycles. The van der Waals surface area contributed by atoms with E-state index < -0.39 is 0 Å². The Kier molecular flexibility index (Phi) is 6.18. The third kappa shape index (κ3) is 4.40. The Morgan fingerprint density at radius 1 is 1.31 bits per heavy atom. The summed E-state index contributed by atoms with van der Waals surface area (Å²) in [6, 6.07) is 12.2. The van der Waals surface area contributed by atoms with Crippen molar-refractivity contribution in [3.05, 3.63) is 63.1 Å². The van der Waals surface area contributed by atoms with Gasteiger partial charge in [-0.1, -0.05) is 19.1 Å². The smallest absolute Gasteiger partial charge is 0.272 e. The van der Waals surface area contributed by atoms with Crippen LogP contribution in [0.1, 0.15) is 74.0 Å². The summed E-state index contributed by atoms with van der Waals surface area (Å²) in [5, 5.41) is 4.22. The number of hydrogen-bond acceptors (Lipinski definition) is 3. The second-order valence-corrected chi connectivity index (χ2v) is 9.68. The Labute approximate surface area is 182 Å². The maximum absolute atomic E-state index is 12.4. The van der Waals surface area contributed by atoms with Gasteiger partial charge in [-0.3, -0.25) is 4.79 Å². The number of benzene rings is 2. The van der Waals surface area contributed by atoms with Crippen molar-refractivity contribution in [1.82, 2.24) is 5.43 Å². The van der Waals surface area contributed by atoms with E-state index in [2.05, 4.69) is 85.0 Å². The number of amides is 1. The van der Waals surface area contributed by atoms with Gasteiger partial charge in [0.2, 0.25) is 0 Å². The number of fused-ring (bicyclic) bond motifs is 1. The average molecular weight is 456 g/mol. The highest BCUT2D eigenvalue weighted by Crippen LogP contribution is 2.45. The van der Waals surface area contributed by atoms with E-state index >= 15 is 0 Å². The molecule has 0 unspecified atom stereocenters. The van der Waals surface area contributed by atoms with Gasteiger partial charge in [0.15, 0.2) is 0 Å². The van der Waals surface area contributed by atoms with Crippen molar-refractivity contribution in [3.63, 3.8) is 0 Å². The van der Waals surface area contributed by atoms with Gasteiger partial charge in [0.05, 0.1) is 11.8 Å². The number of aryl methyl sites for hydroxylation is 1. The summed E-state index contributed by atoms with van der Waals surface area (Å²) < 4.78 is 0.753. The van der Waals surface area contributed by atoms with Crippen molar-refractivity contribution in [2.75, 3.05) is 4.90 Å². The van der Waals surface area contributed by atoms with Gasteiger partial charge in [0.25, 0.3) is 5.91 Å². The molecule has 5 heteroatoms. The molecule has 0 aromatic heterocycles. The minimum Gasteiger partial charge on any atom is -0.364 e. The number of hydrogen-bond donors (Lipinski definition) is 1. The van der Waals surface area contributed by atoms with Gasteiger partial charge in [-0.05, 0) is 104 Å². The van der Waals surface area contributed by atoms with Crippen LogP contribution < -0.4 is 10.3 Å². The Bertz CT molecular complexity index is 949. The van der Waals surface area contributed by atoms with Crippen LogP contribution in [0.4, 0.5) is 5.69 Å². The summed E-state index contributed by atoms with van der Waals surface area (Å²) in [7, 11) is 0. The van der Waals surface area contributed by atoms with E-state index in [1.807, 2.05) is 18.2 Å². The van der Waals surface area contributed by atoms with E-state index in [0.29, 0.717) is 17.5 Å². The average Bonchev–Trinajstić information content (AvgIpc) is 2.61. The lowest BCUT2D eigenvalue weighted by Gasteiger charge is -2.50. The maximum atomic E-state index is 12.4. The fraction of sp³-hybridized carbons (Fsp3) is 0.417. The number of carbonyl (C=O) groups is 1. The fourth-order valence-electron chi connectivity index (χ4n) is 4.60. The molecule has 1 aliphatic rings. The molecule has 1 heterocycles. The van der Waals surface area contributed by atoms with Crippen LogP contribution in [0.25, 0.3) is 0 Å². The van der Waals surface area contributed by atoms with Crippen molar-refractivity contribution < 1.29 is 4.79 Å². The fourth-order valence-corrected chi connectivity index (χ4v) is 5.06. The van der Waals surface area contributed by atoms with Crippen LogP contribution in [0.5, 0.6) is 0 Å². The summed E-state index contributed by atoms with van der Waals surface area (Å²) >= 11 is 3.40. The number of nitrogens with zero attached hydrogens (tertiary/aromatic N) is 2. The summed E-state index contributed by atoms with van der Waals surface area (Å²) in [5.74, 6) is 0.239. The van der Waals surface area contributed by atoms with E-state index in [1.54, 1.807) is 12.3 Å². The standard InChI is InChI=1S/C24H30BrN3O/c1-15(2)28-22-11-16(3)18(12-20(22)17(4)13-24(28,5)6)14-26-27-23(29)19-9-7-8-10-21(19)25/h7-12,14-15,17H,13H2,1-6H3,(H,27,29)/b26-14-/t17-/m1/s1. The van der Waals surface area contributed by atoms with E-state index in [1.165, 1.54) is 11.3 Å². The Balaban J connectivity index is 1.87. The van der Waals surface area contributed by atoms with Crippen LogP contribution in [-0.4, -0.2) is 23.7 Å². The van der Waals surface area contributed by atoms with Crippen LogP contribution >= 0.6 is 15.9 Å². The van der Waals surface area contributed by atoms with Crippen molar-refractivity contribution in [2.45, 2.75) is 65.5 Å². The maximum Gasteiger partial charge on any atom is 0.272 e. The summed E-state index contributed by atoms with van der Waals surface area (Å²) in [6.07, 6.45) is 2.85. The highest BCUT2D eigenvalue weighted by Gasteiger charge is 2.37. The Morgan fingerprint density at radius 3 is 2.66 bits per heavy atom. The van der Waals surface area contributed by atoms with Gasteiger partial charge in [-0.15, -0.1) is 0 Å². The number of anilines is 1. The molecule has 1 amide bonds. The predicted octanol–water partition coefficient (Wildman–Crippen LogP) is 6.02. The largest absolute Gasteiger partial charge is 0.364 e. The number of carbonyl (C=O) groups excluding carboxylic acids is 1. The lowest BCUT2D eigenvalue weighted by Crippen LogP contribution is -2.51. The summed E-state index contributed by atoms with van der Waals surface area (Å²) in [4.78, 5) is 14.9. The lowest BCUT2D eigenvalue weighted by atomic mass is 9.78. The van der Waals surface area contributed by atoms with Gasteiger partial charge in [-0.2, -0.15) is 5.10 Å². The van der Waals surface area contributed by atoms with Crippen LogP contribution in [0, 0.1) is 6.92 Å². The molecule has 154 valence electrons. The highest BCUT2D eigenvalue weighted by molar-refractivity contribution is 9.10. The van der Waals surface area contributed by atoms with Crippen LogP contribution in [0.3, 0.4) is 0 Å². The predicted molar refractivity (Wildman–Crippen MR) is 125 cm³/mol. The first-order valence-electron chi connectivity index (χ1n) is 10.1. The second-order valence-electron chi connectivity index (χ2n) is 8.83. The first kappa shape index (κ1) is 21.6.